The second-order valence-corrected chi connectivity index (χ2v) is 9.09. The highest BCUT2D eigenvalue weighted by Gasteiger charge is 2.56. The van der Waals surface area contributed by atoms with E-state index in [1.54, 1.807) is 6.20 Å². The number of ether oxygens (including phenoxy) is 1. The summed E-state index contributed by atoms with van der Waals surface area (Å²) in [5.74, 6) is 0.0678. The Hall–Kier alpha value is -2.73. The van der Waals surface area contributed by atoms with Crippen LogP contribution in [0.3, 0.4) is 0 Å². The van der Waals surface area contributed by atoms with Crippen LogP contribution in [-0.4, -0.2) is 46.5 Å². The van der Waals surface area contributed by atoms with Crippen LogP contribution in [0.2, 0.25) is 0 Å². The highest BCUT2D eigenvalue weighted by atomic mass is 16.5. The zero-order chi connectivity index (χ0) is 21.4. The number of aromatic nitrogens is 1. The summed E-state index contributed by atoms with van der Waals surface area (Å²) in [7, 11) is 0. The number of hydrogen-bond acceptors (Lipinski definition) is 4. The molecule has 1 aliphatic carbocycles. The summed E-state index contributed by atoms with van der Waals surface area (Å²) in [4.78, 5) is 33.8. The number of amides is 2. The topological polar surface area (TPSA) is 71.5 Å². The fraction of sp³-hybridized carbons (Fsp3) is 0.480. The van der Waals surface area contributed by atoms with Crippen molar-refractivity contribution in [2.75, 3.05) is 18.5 Å². The van der Waals surface area contributed by atoms with Crippen LogP contribution in [-0.2, 0) is 9.53 Å². The van der Waals surface area contributed by atoms with E-state index in [0.717, 1.165) is 56.3 Å². The second kappa shape index (κ2) is 8.08. The van der Waals surface area contributed by atoms with Crippen LogP contribution in [0.5, 0.6) is 0 Å². The lowest BCUT2D eigenvalue weighted by Gasteiger charge is -2.50. The Kier molecular flexibility index (Phi) is 5.26. The van der Waals surface area contributed by atoms with E-state index in [9.17, 15) is 9.59 Å². The van der Waals surface area contributed by atoms with Crippen LogP contribution in [0.15, 0.2) is 42.6 Å². The van der Waals surface area contributed by atoms with Crippen molar-refractivity contribution in [1.29, 1.82) is 0 Å². The third-order valence-electron chi connectivity index (χ3n) is 7.13. The first-order chi connectivity index (χ1) is 15.1. The van der Waals surface area contributed by atoms with Crippen molar-refractivity contribution in [2.45, 2.75) is 63.0 Å². The maximum absolute atomic E-state index is 13.7. The van der Waals surface area contributed by atoms with Crippen LogP contribution in [0.1, 0.15) is 65.9 Å². The lowest BCUT2D eigenvalue weighted by atomic mass is 9.71. The average molecular weight is 420 g/mol. The number of rotatable bonds is 4. The van der Waals surface area contributed by atoms with Crippen LogP contribution in [0, 0.1) is 6.92 Å². The summed E-state index contributed by atoms with van der Waals surface area (Å²) in [6.07, 6.45) is 7.50. The Balaban J connectivity index is 1.56. The molecule has 0 radical (unpaired) electrons. The lowest BCUT2D eigenvalue weighted by Crippen LogP contribution is -2.61. The van der Waals surface area contributed by atoms with Gasteiger partial charge in [0.05, 0.1) is 17.6 Å². The third-order valence-corrected chi connectivity index (χ3v) is 7.13. The van der Waals surface area contributed by atoms with Gasteiger partial charge >= 0.3 is 0 Å². The molecule has 6 nitrogen and oxygen atoms in total. The second-order valence-electron chi connectivity index (χ2n) is 9.09. The number of anilines is 1. The normalized spacial score (nSPS) is 24.4. The first kappa shape index (κ1) is 20.2. The SMILES string of the molecule is Cc1ccc(NC(=O)[C@@H]2c3ccccc3C(=O)N(C[C@@H]3CCCO3)C23CCCC3)nc1. The molecule has 2 aliphatic heterocycles. The maximum atomic E-state index is 13.7. The monoisotopic (exact) mass is 419 g/mol. The lowest BCUT2D eigenvalue weighted by molar-refractivity contribution is -0.121. The molecule has 1 saturated heterocycles. The number of benzene rings is 1. The molecule has 6 heteroatoms. The number of pyridine rings is 1. The van der Waals surface area contributed by atoms with Gasteiger partial charge in [-0.15, -0.1) is 0 Å². The average Bonchev–Trinajstić information content (AvgIpc) is 3.46. The van der Waals surface area contributed by atoms with E-state index < -0.39 is 11.5 Å². The van der Waals surface area contributed by atoms with Gasteiger partial charge in [0, 0.05) is 24.9 Å². The van der Waals surface area contributed by atoms with Crippen LogP contribution >= 0.6 is 0 Å². The van der Waals surface area contributed by atoms with Gasteiger partial charge in [-0.05, 0) is 55.9 Å². The smallest absolute Gasteiger partial charge is 0.254 e. The predicted molar refractivity (Wildman–Crippen MR) is 118 cm³/mol. The molecule has 2 fully saturated rings. The van der Waals surface area contributed by atoms with Crippen molar-refractivity contribution in [2.24, 2.45) is 0 Å². The molecule has 162 valence electrons. The number of carbonyl (C=O) groups is 2. The summed E-state index contributed by atoms with van der Waals surface area (Å²) in [6, 6.07) is 11.4. The molecule has 0 bridgehead atoms. The minimum atomic E-state index is -0.508. The molecule has 1 saturated carbocycles. The molecule has 1 spiro atoms. The summed E-state index contributed by atoms with van der Waals surface area (Å²) < 4.78 is 5.89. The number of nitrogens with one attached hydrogen (secondary N) is 1. The number of fused-ring (bicyclic) bond motifs is 1. The molecule has 3 heterocycles. The maximum Gasteiger partial charge on any atom is 0.254 e. The number of aryl methyl sites for hydroxylation is 1. The minimum absolute atomic E-state index is 0.0329. The molecular formula is C25H29N3O3. The Morgan fingerprint density at radius 3 is 2.71 bits per heavy atom. The first-order valence-electron chi connectivity index (χ1n) is 11.3. The largest absolute Gasteiger partial charge is 0.376 e. The molecule has 0 unspecified atom stereocenters. The van der Waals surface area contributed by atoms with Gasteiger partial charge in [-0.1, -0.05) is 37.1 Å². The van der Waals surface area contributed by atoms with Crippen molar-refractivity contribution >= 4 is 17.6 Å². The van der Waals surface area contributed by atoms with Crippen molar-refractivity contribution in [3.05, 3.63) is 59.3 Å². The van der Waals surface area contributed by atoms with E-state index in [-0.39, 0.29) is 17.9 Å². The van der Waals surface area contributed by atoms with Gasteiger partial charge in [0.25, 0.3) is 5.91 Å². The molecule has 5 rings (SSSR count). The Morgan fingerprint density at radius 1 is 1.19 bits per heavy atom. The Morgan fingerprint density at radius 2 is 2.00 bits per heavy atom. The highest BCUT2D eigenvalue weighted by Crippen LogP contribution is 2.50. The number of carbonyl (C=O) groups excluding carboxylic acids is 2. The van der Waals surface area contributed by atoms with E-state index in [0.29, 0.717) is 17.9 Å². The van der Waals surface area contributed by atoms with E-state index in [1.807, 2.05) is 48.2 Å². The van der Waals surface area contributed by atoms with Crippen LogP contribution < -0.4 is 5.32 Å². The van der Waals surface area contributed by atoms with Crippen LogP contribution in [0.25, 0.3) is 0 Å². The molecule has 2 atom stereocenters. The van der Waals surface area contributed by atoms with Gasteiger partial charge in [-0.3, -0.25) is 9.59 Å². The molecule has 2 aromatic rings. The van der Waals surface area contributed by atoms with Gasteiger partial charge in [0.2, 0.25) is 5.91 Å². The van der Waals surface area contributed by atoms with Crippen molar-refractivity contribution in [3.8, 4) is 0 Å². The van der Waals surface area contributed by atoms with Crippen molar-refractivity contribution in [1.82, 2.24) is 9.88 Å². The molecule has 31 heavy (non-hydrogen) atoms. The number of nitrogens with zero attached hydrogens (tertiary/aromatic N) is 2. The van der Waals surface area contributed by atoms with Crippen molar-refractivity contribution in [3.63, 3.8) is 0 Å². The third kappa shape index (κ3) is 3.53. The molecule has 2 amide bonds. The van der Waals surface area contributed by atoms with E-state index in [4.69, 9.17) is 4.74 Å². The van der Waals surface area contributed by atoms with Crippen LogP contribution in [0.4, 0.5) is 5.82 Å². The first-order valence-corrected chi connectivity index (χ1v) is 11.3. The van der Waals surface area contributed by atoms with E-state index in [2.05, 4.69) is 10.3 Å². The number of hydrogen-bond donors (Lipinski definition) is 1. The fourth-order valence-corrected chi connectivity index (χ4v) is 5.66. The van der Waals surface area contributed by atoms with E-state index in [1.165, 1.54) is 0 Å². The molecular weight excluding hydrogens is 390 g/mol. The zero-order valence-electron chi connectivity index (χ0n) is 18.0. The molecule has 3 aliphatic rings. The summed E-state index contributed by atoms with van der Waals surface area (Å²) in [6.45, 7) is 3.27. The summed E-state index contributed by atoms with van der Waals surface area (Å²) >= 11 is 0. The zero-order valence-corrected chi connectivity index (χ0v) is 18.0. The van der Waals surface area contributed by atoms with Crippen molar-refractivity contribution < 1.29 is 14.3 Å². The summed E-state index contributed by atoms with van der Waals surface area (Å²) in [5.41, 5.74) is 2.01. The Labute approximate surface area is 183 Å². The Bertz CT molecular complexity index is 976. The quantitative estimate of drug-likeness (QED) is 0.811. The minimum Gasteiger partial charge on any atom is -0.376 e. The summed E-state index contributed by atoms with van der Waals surface area (Å²) in [5, 5.41) is 3.04. The fourth-order valence-electron chi connectivity index (χ4n) is 5.66. The molecule has 1 aromatic heterocycles. The van der Waals surface area contributed by atoms with Gasteiger partial charge in [-0.2, -0.15) is 0 Å². The van der Waals surface area contributed by atoms with E-state index >= 15 is 0 Å². The molecule has 1 N–H and O–H groups in total. The van der Waals surface area contributed by atoms with Gasteiger partial charge in [-0.25, -0.2) is 4.98 Å². The van der Waals surface area contributed by atoms with Gasteiger partial charge in [0.15, 0.2) is 0 Å². The highest BCUT2D eigenvalue weighted by molar-refractivity contribution is 6.05. The predicted octanol–water partition coefficient (Wildman–Crippen LogP) is 4.06. The standard InChI is InChI=1S/C25H29N3O3/c1-17-10-11-21(26-15-17)27-23(29)22-19-8-2-3-9-20(19)24(30)28(16-18-7-6-14-31-18)25(22)12-4-5-13-25/h2-3,8-11,15,18,22H,4-7,12-14,16H2,1H3,(H,26,27,29)/t18-,22-/m0/s1. The van der Waals surface area contributed by atoms with Gasteiger partial charge < -0.3 is 15.0 Å². The molecule has 1 aromatic carbocycles. The van der Waals surface area contributed by atoms with Gasteiger partial charge in [0.1, 0.15) is 5.82 Å².